The average Bonchev–Trinajstić information content (AvgIpc) is 2.56. The van der Waals surface area contributed by atoms with Crippen LogP contribution in [0.1, 0.15) is 41.2 Å². The second-order valence-electron chi connectivity index (χ2n) is 6.69. The van der Waals surface area contributed by atoms with Crippen LogP contribution in [-0.4, -0.2) is 45.4 Å². The summed E-state index contributed by atoms with van der Waals surface area (Å²) in [5, 5.41) is 0. The number of nitrogens with zero attached hydrogens (tertiary/aromatic N) is 1. The topological polar surface area (TPSA) is 92.5 Å². The number of amides is 1. The van der Waals surface area contributed by atoms with E-state index < -0.39 is 10.0 Å². The monoisotopic (exact) mass is 405 g/mol. The summed E-state index contributed by atoms with van der Waals surface area (Å²) < 4.78 is 28.1. The first-order valence-electron chi connectivity index (χ1n) is 8.48. The highest BCUT2D eigenvalue weighted by Gasteiger charge is 2.24. The lowest BCUT2D eigenvalue weighted by atomic mass is 9.95. The fraction of sp³-hybridized carbons (Fsp3) is 0.611. The number of hydrogen-bond acceptors (Lipinski definition) is 4. The first kappa shape index (κ1) is 24.8. The number of carbonyl (C=O) groups excluding carboxylic acids is 1. The normalized spacial score (nSPS) is 12.5. The molecule has 3 N–H and O–H groups in total. The summed E-state index contributed by atoms with van der Waals surface area (Å²) >= 11 is 0. The second-order valence-corrected chi connectivity index (χ2v) is 8.40. The average molecular weight is 406 g/mol. The summed E-state index contributed by atoms with van der Waals surface area (Å²) in [6.07, 6.45) is 0.0992. The first-order valence-corrected chi connectivity index (χ1v) is 9.96. The molecule has 6 nitrogen and oxygen atoms in total. The number of benzene rings is 1. The maximum Gasteiger partial charge on any atom is 0.241 e. The lowest BCUT2D eigenvalue weighted by molar-refractivity contribution is -0.131. The Balaban J connectivity index is 0.00000625. The Morgan fingerprint density at radius 1 is 1.04 bits per heavy atom. The van der Waals surface area contributed by atoms with Gasteiger partial charge in [-0.15, -0.1) is 12.4 Å². The van der Waals surface area contributed by atoms with Gasteiger partial charge in [-0.2, -0.15) is 0 Å². The smallest absolute Gasteiger partial charge is 0.241 e. The number of nitrogens with one attached hydrogen (secondary N) is 1. The predicted octanol–water partition coefficient (Wildman–Crippen LogP) is 2.12. The summed E-state index contributed by atoms with van der Waals surface area (Å²) in [6, 6.07) is -0.0732. The Hall–Kier alpha value is -1.15. The number of halogens is 1. The highest BCUT2D eigenvalue weighted by molar-refractivity contribution is 7.89. The van der Waals surface area contributed by atoms with Gasteiger partial charge < -0.3 is 10.6 Å². The van der Waals surface area contributed by atoms with Crippen molar-refractivity contribution < 1.29 is 13.2 Å². The third-order valence-corrected chi connectivity index (χ3v) is 6.96. The minimum Gasteiger partial charge on any atom is -0.342 e. The van der Waals surface area contributed by atoms with Crippen molar-refractivity contribution in [3.05, 3.63) is 27.8 Å². The van der Waals surface area contributed by atoms with Crippen LogP contribution in [-0.2, 0) is 14.8 Å². The second kappa shape index (κ2) is 9.69. The minimum atomic E-state index is -3.68. The van der Waals surface area contributed by atoms with Crippen LogP contribution >= 0.6 is 12.4 Å². The molecule has 0 fully saturated rings. The molecule has 0 spiro atoms. The van der Waals surface area contributed by atoms with E-state index in [1.807, 2.05) is 41.5 Å². The standard InChI is InChI=1S/C18H31N3O3S.ClH/c1-11(10-19)21(7)17(22)8-9-20-25(23,24)18-15(5)13(3)12(2)14(4)16(18)6;/h11,20H,8-10,19H2,1-7H3;1H. The van der Waals surface area contributed by atoms with Crippen molar-refractivity contribution in [2.45, 2.75) is 58.9 Å². The maximum absolute atomic E-state index is 12.8. The van der Waals surface area contributed by atoms with E-state index in [1.165, 1.54) is 0 Å². The first-order chi connectivity index (χ1) is 11.5. The molecule has 0 aliphatic rings. The number of rotatable bonds is 7. The van der Waals surface area contributed by atoms with E-state index in [0.717, 1.165) is 27.8 Å². The van der Waals surface area contributed by atoms with Gasteiger partial charge in [-0.3, -0.25) is 4.79 Å². The Kier molecular flexibility index (Phi) is 9.26. The van der Waals surface area contributed by atoms with Gasteiger partial charge in [0.05, 0.1) is 4.90 Å². The number of likely N-dealkylation sites (N-methyl/N-ethyl adjacent to an activating group) is 1. The van der Waals surface area contributed by atoms with Crippen molar-refractivity contribution in [3.63, 3.8) is 0 Å². The Morgan fingerprint density at radius 2 is 1.46 bits per heavy atom. The third kappa shape index (κ3) is 5.19. The fourth-order valence-corrected chi connectivity index (χ4v) is 4.44. The van der Waals surface area contributed by atoms with Gasteiger partial charge in [0.2, 0.25) is 15.9 Å². The van der Waals surface area contributed by atoms with E-state index in [4.69, 9.17) is 5.73 Å². The summed E-state index contributed by atoms with van der Waals surface area (Å²) in [5.74, 6) is -0.134. The molecule has 0 radical (unpaired) electrons. The van der Waals surface area contributed by atoms with Gasteiger partial charge in [0.25, 0.3) is 0 Å². The molecule has 26 heavy (non-hydrogen) atoms. The minimum absolute atomic E-state index is 0. The molecule has 0 heterocycles. The molecule has 1 rings (SSSR count). The number of carbonyl (C=O) groups is 1. The highest BCUT2D eigenvalue weighted by atomic mass is 35.5. The zero-order valence-electron chi connectivity index (χ0n) is 16.8. The van der Waals surface area contributed by atoms with Crippen LogP contribution in [0.5, 0.6) is 0 Å². The van der Waals surface area contributed by atoms with Crippen LogP contribution in [0.4, 0.5) is 0 Å². The van der Waals surface area contributed by atoms with Gasteiger partial charge >= 0.3 is 0 Å². The molecule has 150 valence electrons. The molecular weight excluding hydrogens is 374 g/mol. The van der Waals surface area contributed by atoms with Gasteiger partial charge in [0, 0.05) is 32.6 Å². The fourth-order valence-electron chi connectivity index (χ4n) is 2.81. The van der Waals surface area contributed by atoms with Gasteiger partial charge in [-0.05, 0) is 69.4 Å². The van der Waals surface area contributed by atoms with Crippen LogP contribution in [0.25, 0.3) is 0 Å². The number of sulfonamides is 1. The Labute approximate surface area is 164 Å². The summed E-state index contributed by atoms with van der Waals surface area (Å²) in [7, 11) is -2.00. The molecule has 1 aromatic carbocycles. The quantitative estimate of drug-likeness (QED) is 0.726. The van der Waals surface area contributed by atoms with Gasteiger partial charge in [-0.25, -0.2) is 13.1 Å². The molecule has 1 unspecified atom stereocenters. The largest absolute Gasteiger partial charge is 0.342 e. The molecule has 0 saturated heterocycles. The molecule has 1 amide bonds. The molecular formula is C18H32ClN3O3S. The molecule has 1 aromatic rings. The van der Waals surface area contributed by atoms with Gasteiger partial charge in [0.1, 0.15) is 0 Å². The highest BCUT2D eigenvalue weighted by Crippen LogP contribution is 2.29. The maximum atomic E-state index is 12.8. The Bertz CT molecular complexity index is 734. The van der Waals surface area contributed by atoms with E-state index in [0.29, 0.717) is 11.4 Å². The van der Waals surface area contributed by atoms with Gasteiger partial charge in [0.15, 0.2) is 0 Å². The van der Waals surface area contributed by atoms with Crippen molar-refractivity contribution in [3.8, 4) is 0 Å². The number of nitrogens with two attached hydrogens (primary N) is 1. The van der Waals surface area contributed by atoms with E-state index in [-0.39, 0.29) is 37.3 Å². The third-order valence-electron chi connectivity index (χ3n) is 5.23. The lowest BCUT2D eigenvalue weighted by Gasteiger charge is -2.24. The van der Waals surface area contributed by atoms with E-state index in [1.54, 1.807) is 11.9 Å². The van der Waals surface area contributed by atoms with Crippen molar-refractivity contribution in [1.82, 2.24) is 9.62 Å². The van der Waals surface area contributed by atoms with Crippen LogP contribution in [0.3, 0.4) is 0 Å². The molecule has 1 atom stereocenters. The zero-order valence-corrected chi connectivity index (χ0v) is 18.4. The Morgan fingerprint density at radius 3 is 1.88 bits per heavy atom. The molecule has 0 aliphatic carbocycles. The van der Waals surface area contributed by atoms with Crippen LogP contribution in [0.2, 0.25) is 0 Å². The molecule has 0 bridgehead atoms. The molecule has 0 aromatic heterocycles. The van der Waals surface area contributed by atoms with Crippen molar-refractivity contribution in [1.29, 1.82) is 0 Å². The summed E-state index contributed by atoms with van der Waals surface area (Å²) in [5.41, 5.74) is 10.1. The molecule has 0 aliphatic heterocycles. The molecule has 0 saturated carbocycles. The summed E-state index contributed by atoms with van der Waals surface area (Å²) in [6.45, 7) is 11.8. The van der Waals surface area contributed by atoms with Gasteiger partial charge in [-0.1, -0.05) is 0 Å². The molecule has 8 heteroatoms. The van der Waals surface area contributed by atoms with Crippen molar-refractivity contribution >= 4 is 28.3 Å². The van der Waals surface area contributed by atoms with E-state index in [9.17, 15) is 13.2 Å². The van der Waals surface area contributed by atoms with E-state index in [2.05, 4.69) is 4.72 Å². The van der Waals surface area contributed by atoms with Crippen LogP contribution in [0.15, 0.2) is 4.90 Å². The summed E-state index contributed by atoms with van der Waals surface area (Å²) in [4.78, 5) is 14.0. The lowest BCUT2D eigenvalue weighted by Crippen LogP contribution is -2.41. The number of hydrogen-bond donors (Lipinski definition) is 2. The predicted molar refractivity (Wildman–Crippen MR) is 108 cm³/mol. The van der Waals surface area contributed by atoms with Crippen LogP contribution in [0, 0.1) is 34.6 Å². The van der Waals surface area contributed by atoms with Crippen molar-refractivity contribution in [2.24, 2.45) is 5.73 Å². The van der Waals surface area contributed by atoms with Crippen LogP contribution < -0.4 is 10.5 Å². The van der Waals surface area contributed by atoms with E-state index >= 15 is 0 Å². The zero-order chi connectivity index (χ0) is 19.5. The van der Waals surface area contributed by atoms with Crippen molar-refractivity contribution in [2.75, 3.05) is 20.1 Å². The SMILES string of the molecule is Cc1c(C)c(C)c(S(=O)(=O)NCCC(=O)N(C)C(C)CN)c(C)c1C.Cl.